The van der Waals surface area contributed by atoms with Crippen LogP contribution in [0.2, 0.25) is 5.02 Å². The Morgan fingerprint density at radius 2 is 1.54 bits per heavy atom. The molecule has 1 saturated carbocycles. The number of para-hydroxylation sites is 1. The quantitative estimate of drug-likeness (QED) is 0.164. The molecule has 252 valence electrons. The van der Waals surface area contributed by atoms with Crippen molar-refractivity contribution in [1.82, 2.24) is 5.01 Å². The number of hydrogen-bond acceptors (Lipinski definition) is 6. The van der Waals surface area contributed by atoms with Crippen molar-refractivity contribution in [3.8, 4) is 5.75 Å². The molecule has 2 N–H and O–H groups in total. The number of amides is 4. The number of aromatic hydroxyl groups is 1. The molecule has 12 heteroatoms. The lowest BCUT2D eigenvalue weighted by molar-refractivity contribution is -0.138. The number of nitrogens with one attached hydrogen (secondary N) is 1. The van der Waals surface area contributed by atoms with Crippen LogP contribution < -0.4 is 10.3 Å². The number of phenolic OH excluding ortho intramolecular Hbond substituents is 1. The normalized spacial score (nSPS) is 27.2. The third-order valence-corrected chi connectivity index (χ3v) is 11.5. The zero-order valence-corrected chi connectivity index (χ0v) is 28.4. The Morgan fingerprint density at radius 3 is 2.24 bits per heavy atom. The van der Waals surface area contributed by atoms with Crippen LogP contribution in [0.5, 0.6) is 5.75 Å². The molecule has 0 unspecified atom stereocenters. The highest BCUT2D eigenvalue weighted by atomic mass is 79.9. The van der Waals surface area contributed by atoms with E-state index in [-0.39, 0.29) is 30.0 Å². The molecule has 4 aliphatic rings. The van der Waals surface area contributed by atoms with E-state index in [1.54, 1.807) is 48.5 Å². The number of hydrazine groups is 1. The Labute approximate surface area is 298 Å². The van der Waals surface area contributed by atoms with E-state index < -0.39 is 70.1 Å². The van der Waals surface area contributed by atoms with Crippen molar-refractivity contribution in [3.05, 3.63) is 135 Å². The highest BCUT2D eigenvalue weighted by Gasteiger charge is 2.70. The van der Waals surface area contributed by atoms with Gasteiger partial charge in [0, 0.05) is 21.0 Å². The maximum Gasteiger partial charge on any atom is 0.260 e. The van der Waals surface area contributed by atoms with Crippen molar-refractivity contribution in [2.75, 3.05) is 10.3 Å². The van der Waals surface area contributed by atoms with Gasteiger partial charge in [-0.05, 0) is 91.1 Å². The van der Waals surface area contributed by atoms with Gasteiger partial charge in [0.1, 0.15) is 5.82 Å². The monoisotopic (exact) mass is 757 g/mol. The van der Waals surface area contributed by atoms with E-state index in [0.29, 0.717) is 21.8 Å². The number of nitrogens with zero attached hydrogens (tertiary/aromatic N) is 2. The lowest BCUT2D eigenvalue weighted by Crippen LogP contribution is -2.53. The fraction of sp³-hybridized carbons (Fsp3) is 0.211. The summed E-state index contributed by atoms with van der Waals surface area (Å²) in [5, 5.41) is 12.6. The first kappa shape index (κ1) is 32.3. The van der Waals surface area contributed by atoms with Gasteiger partial charge >= 0.3 is 0 Å². The first-order valence-electron chi connectivity index (χ1n) is 16.0. The van der Waals surface area contributed by atoms with E-state index in [1.165, 1.54) is 41.3 Å². The number of benzene rings is 4. The topological polar surface area (TPSA) is 107 Å². The molecule has 8 nitrogen and oxygen atoms in total. The van der Waals surface area contributed by atoms with Crippen LogP contribution in [0.1, 0.15) is 29.9 Å². The number of carbonyl (C=O) groups is 4. The van der Waals surface area contributed by atoms with Crippen molar-refractivity contribution in [3.63, 3.8) is 0 Å². The third kappa shape index (κ3) is 4.66. The van der Waals surface area contributed by atoms with Gasteiger partial charge in [-0.2, -0.15) is 5.01 Å². The summed E-state index contributed by atoms with van der Waals surface area (Å²) in [6, 6.07) is 22.4. The van der Waals surface area contributed by atoms with Gasteiger partial charge in [-0.25, -0.2) is 8.78 Å². The second-order valence-corrected chi connectivity index (χ2v) is 14.4. The Hall–Kier alpha value is -4.87. The minimum absolute atomic E-state index is 0.00156. The van der Waals surface area contributed by atoms with Gasteiger partial charge in [0.05, 0.1) is 34.5 Å². The number of phenols is 1. The molecule has 2 aliphatic heterocycles. The smallest absolute Gasteiger partial charge is 0.260 e. The van der Waals surface area contributed by atoms with Crippen LogP contribution in [-0.2, 0) is 24.6 Å². The van der Waals surface area contributed by atoms with Crippen LogP contribution >= 0.6 is 27.5 Å². The number of anilines is 2. The summed E-state index contributed by atoms with van der Waals surface area (Å²) < 4.78 is 29.8. The predicted molar refractivity (Wildman–Crippen MR) is 184 cm³/mol. The van der Waals surface area contributed by atoms with Gasteiger partial charge in [0.15, 0.2) is 11.6 Å². The maximum atomic E-state index is 15.2. The Morgan fingerprint density at radius 1 is 0.840 bits per heavy atom. The van der Waals surface area contributed by atoms with Crippen molar-refractivity contribution < 1.29 is 33.1 Å². The van der Waals surface area contributed by atoms with Gasteiger partial charge in [-0.1, -0.05) is 63.4 Å². The van der Waals surface area contributed by atoms with Gasteiger partial charge < -0.3 is 5.11 Å². The summed E-state index contributed by atoms with van der Waals surface area (Å²) in [5.74, 6) is -8.84. The van der Waals surface area contributed by atoms with Gasteiger partial charge in [0.25, 0.3) is 11.8 Å². The summed E-state index contributed by atoms with van der Waals surface area (Å²) in [6.07, 6.45) is 1.97. The summed E-state index contributed by atoms with van der Waals surface area (Å²) >= 11 is 9.68. The number of fused-ring (bicyclic) bond motifs is 4. The molecule has 0 bridgehead atoms. The molecule has 4 aromatic rings. The van der Waals surface area contributed by atoms with Crippen LogP contribution in [0.15, 0.2) is 107 Å². The van der Waals surface area contributed by atoms with Gasteiger partial charge in [-0.15, -0.1) is 0 Å². The fourth-order valence-corrected chi connectivity index (χ4v) is 9.00. The summed E-state index contributed by atoms with van der Waals surface area (Å²) in [4.78, 5) is 59.2. The molecule has 4 amide bonds. The van der Waals surface area contributed by atoms with Crippen LogP contribution in [0.25, 0.3) is 0 Å². The molecule has 3 fully saturated rings. The van der Waals surface area contributed by atoms with Crippen molar-refractivity contribution in [2.45, 2.75) is 24.2 Å². The third-order valence-electron chi connectivity index (χ3n) is 10.7. The van der Waals surface area contributed by atoms with E-state index in [1.807, 2.05) is 6.08 Å². The van der Waals surface area contributed by atoms with E-state index in [0.717, 1.165) is 15.5 Å². The SMILES string of the molecule is O=C1[C@@H]2C[C@@H]3C(=CC[C@@H]4C(=O)N(c5ccc(Br)cc5)C(=O)[C@@H]43)[C@H](c3cccc(F)c3O)[C@]2(c2ccc(Cl)cc2)C(=O)N1Nc1ccc(F)cc1. The number of halogens is 4. The van der Waals surface area contributed by atoms with E-state index in [2.05, 4.69) is 21.4 Å². The Kier molecular flexibility index (Phi) is 7.68. The van der Waals surface area contributed by atoms with Crippen molar-refractivity contribution >= 4 is 62.5 Å². The minimum Gasteiger partial charge on any atom is -0.505 e. The average Bonchev–Trinajstić information content (AvgIpc) is 3.48. The molecular weight excluding hydrogens is 732 g/mol. The van der Waals surface area contributed by atoms with Crippen LogP contribution in [0.3, 0.4) is 0 Å². The van der Waals surface area contributed by atoms with E-state index in [4.69, 9.17) is 11.6 Å². The largest absolute Gasteiger partial charge is 0.505 e. The predicted octanol–water partition coefficient (Wildman–Crippen LogP) is 7.28. The maximum absolute atomic E-state index is 15.2. The summed E-state index contributed by atoms with van der Waals surface area (Å²) in [5.41, 5.74) is 2.80. The lowest BCUT2D eigenvalue weighted by Gasteiger charge is -2.50. The van der Waals surface area contributed by atoms with E-state index >= 15 is 9.18 Å². The standard InChI is InChI=1S/C38H27BrClF2N3O5/c39-20-6-14-24(15-7-20)44-34(47)26-17-16-25-28(31(26)36(44)49)18-29-35(48)45(43-23-12-10-22(41)11-13-23)37(50)38(29,19-4-8-21(40)9-5-19)32(25)27-2-1-3-30(42)33(27)46/h1-16,26,28-29,31-32,43,46H,17-18H2/t26-,28+,29-,31-,32+,38+/m0/s1. The first-order chi connectivity index (χ1) is 24.0. The highest BCUT2D eigenvalue weighted by Crippen LogP contribution is 2.65. The molecule has 2 aliphatic carbocycles. The molecule has 0 aromatic heterocycles. The molecular formula is C38H27BrClF2N3O5. The van der Waals surface area contributed by atoms with Gasteiger partial charge in [0.2, 0.25) is 11.8 Å². The van der Waals surface area contributed by atoms with Gasteiger partial charge in [-0.3, -0.25) is 29.5 Å². The molecule has 0 spiro atoms. The second kappa shape index (κ2) is 11.9. The summed E-state index contributed by atoms with van der Waals surface area (Å²) in [7, 11) is 0. The Balaban J connectivity index is 1.33. The number of rotatable bonds is 5. The molecule has 4 aromatic carbocycles. The molecule has 50 heavy (non-hydrogen) atoms. The second-order valence-electron chi connectivity index (χ2n) is 13.0. The lowest BCUT2D eigenvalue weighted by atomic mass is 9.49. The number of imide groups is 2. The number of hydrogen-bond donors (Lipinski definition) is 2. The van der Waals surface area contributed by atoms with Crippen LogP contribution in [0.4, 0.5) is 20.2 Å². The van der Waals surface area contributed by atoms with Crippen LogP contribution in [0, 0.1) is 35.3 Å². The molecule has 6 atom stereocenters. The van der Waals surface area contributed by atoms with E-state index in [9.17, 15) is 23.9 Å². The molecule has 0 radical (unpaired) electrons. The fourth-order valence-electron chi connectivity index (χ4n) is 8.61. The zero-order valence-electron chi connectivity index (χ0n) is 26.0. The zero-order chi connectivity index (χ0) is 35.1. The Bertz CT molecular complexity index is 2130. The molecule has 2 heterocycles. The number of carbonyl (C=O) groups excluding carboxylic acids is 4. The molecule has 2 saturated heterocycles. The van der Waals surface area contributed by atoms with Crippen molar-refractivity contribution in [1.29, 1.82) is 0 Å². The first-order valence-corrected chi connectivity index (χ1v) is 17.2. The van der Waals surface area contributed by atoms with Crippen LogP contribution in [-0.4, -0.2) is 33.7 Å². The highest BCUT2D eigenvalue weighted by molar-refractivity contribution is 9.10. The molecule has 8 rings (SSSR count). The minimum atomic E-state index is -1.74. The van der Waals surface area contributed by atoms with Crippen molar-refractivity contribution in [2.24, 2.45) is 23.7 Å². The number of allylic oxidation sites excluding steroid dienone is 2. The average molecular weight is 759 g/mol. The summed E-state index contributed by atoms with van der Waals surface area (Å²) in [6.45, 7) is 0.